The first-order valence-electron chi connectivity index (χ1n) is 12.3. The van der Waals surface area contributed by atoms with E-state index in [1.54, 1.807) is 31.2 Å². The Bertz CT molecular complexity index is 1180. The van der Waals surface area contributed by atoms with Crippen molar-refractivity contribution in [2.45, 2.75) is 48.4 Å². The van der Waals surface area contributed by atoms with Crippen LogP contribution >= 0.6 is 27.5 Å². The molecule has 5 rings (SSSR count). The van der Waals surface area contributed by atoms with Gasteiger partial charge in [-0.05, 0) is 49.6 Å². The summed E-state index contributed by atoms with van der Waals surface area (Å²) in [6.07, 6.45) is 0.104. The number of alkyl halides is 1. The van der Waals surface area contributed by atoms with Gasteiger partial charge in [-0.25, -0.2) is 0 Å². The fraction of sp³-hybridized carbons (Fsp3) is 0.444. The van der Waals surface area contributed by atoms with Gasteiger partial charge in [-0.3, -0.25) is 14.4 Å². The Balaban J connectivity index is 1.56. The highest BCUT2D eigenvalue weighted by Crippen LogP contribution is 2.60. The number of nitrogens with one attached hydrogen (secondary N) is 1. The minimum absolute atomic E-state index is 0.167. The maximum Gasteiger partial charge on any atom is 0.312 e. The van der Waals surface area contributed by atoms with E-state index in [0.717, 1.165) is 5.56 Å². The van der Waals surface area contributed by atoms with Crippen molar-refractivity contribution < 1.29 is 29.0 Å². The van der Waals surface area contributed by atoms with Gasteiger partial charge in [0.05, 0.1) is 37.2 Å². The molecule has 2 bridgehead atoms. The largest absolute Gasteiger partial charge is 0.466 e. The van der Waals surface area contributed by atoms with Gasteiger partial charge >= 0.3 is 5.97 Å². The van der Waals surface area contributed by atoms with E-state index < -0.39 is 47.5 Å². The Labute approximate surface area is 228 Å². The minimum Gasteiger partial charge on any atom is -0.466 e. The number of halogens is 2. The van der Waals surface area contributed by atoms with Crippen LogP contribution in [0.4, 0.5) is 5.69 Å². The SMILES string of the molecule is CCOC(=O)[C@@H]1[C@H]2O[C@@]3(CC2Br)[C@H](C(=O)Nc2ccc(Cl)cc2)N([C@@H](CO)Cc2ccccc2)C(=O)[C@@H]13. The van der Waals surface area contributed by atoms with Crippen molar-refractivity contribution in [2.24, 2.45) is 11.8 Å². The second-order valence-corrected chi connectivity index (χ2v) is 11.3. The summed E-state index contributed by atoms with van der Waals surface area (Å²) < 4.78 is 11.8. The number of anilines is 1. The molecule has 1 spiro atoms. The molecule has 0 radical (unpaired) electrons. The standard InChI is InChI=1S/C27H28BrClN2O6/c1-2-36-26(35)20-21-25(34)31(18(14-32)12-15-6-4-3-5-7-15)23(27(21)13-19(28)22(20)37-27)24(33)30-17-10-8-16(29)9-11-17/h3-11,18-23,32H,2,12-14H2,1H3,(H,30,33)/t18-,19?,20+,21-,22+,23+,27-/m1/s1. The molecule has 3 aliphatic rings. The average molecular weight is 592 g/mol. The lowest BCUT2D eigenvalue weighted by molar-refractivity contribution is -0.155. The minimum atomic E-state index is -1.24. The summed E-state index contributed by atoms with van der Waals surface area (Å²) in [6.45, 7) is 1.51. The summed E-state index contributed by atoms with van der Waals surface area (Å²) in [4.78, 5) is 42.3. The van der Waals surface area contributed by atoms with Gasteiger partial charge in [0.15, 0.2) is 0 Å². The van der Waals surface area contributed by atoms with Crippen molar-refractivity contribution in [3.8, 4) is 0 Å². The third kappa shape index (κ3) is 4.46. The number of benzene rings is 2. The first-order chi connectivity index (χ1) is 17.8. The summed E-state index contributed by atoms with van der Waals surface area (Å²) in [5.74, 6) is -3.09. The quantitative estimate of drug-likeness (QED) is 0.361. The third-order valence-electron chi connectivity index (χ3n) is 7.56. The summed E-state index contributed by atoms with van der Waals surface area (Å²) >= 11 is 9.63. The molecule has 1 unspecified atom stereocenters. The number of amides is 2. The number of aliphatic hydroxyl groups is 1. The topological polar surface area (TPSA) is 105 Å². The number of likely N-dealkylation sites (tertiary alicyclic amines) is 1. The molecule has 3 heterocycles. The molecular formula is C27H28BrClN2O6. The van der Waals surface area contributed by atoms with Gasteiger partial charge in [-0.1, -0.05) is 57.9 Å². The summed E-state index contributed by atoms with van der Waals surface area (Å²) in [5, 5.41) is 13.9. The lowest BCUT2D eigenvalue weighted by atomic mass is 9.70. The van der Waals surface area contributed by atoms with Crippen LogP contribution in [-0.2, 0) is 30.3 Å². The normalized spacial score (nSPS) is 30.8. The number of fused-ring (bicyclic) bond motifs is 1. The molecule has 3 aliphatic heterocycles. The molecule has 0 saturated carbocycles. The Morgan fingerprint density at radius 3 is 2.59 bits per heavy atom. The molecule has 196 valence electrons. The number of nitrogens with zero attached hydrogens (tertiary/aromatic N) is 1. The van der Waals surface area contributed by atoms with E-state index in [-0.39, 0.29) is 23.9 Å². The zero-order chi connectivity index (χ0) is 26.3. The van der Waals surface area contributed by atoms with E-state index >= 15 is 0 Å². The number of hydrogen-bond donors (Lipinski definition) is 2. The smallest absolute Gasteiger partial charge is 0.312 e. The van der Waals surface area contributed by atoms with Crippen LogP contribution in [0.3, 0.4) is 0 Å². The van der Waals surface area contributed by atoms with Crippen molar-refractivity contribution in [1.29, 1.82) is 0 Å². The summed E-state index contributed by atoms with van der Waals surface area (Å²) in [5.41, 5.74) is 0.176. The fourth-order valence-electron chi connectivity index (χ4n) is 6.15. The van der Waals surface area contributed by atoms with E-state index in [1.807, 2.05) is 30.3 Å². The number of hydrogen-bond acceptors (Lipinski definition) is 6. The van der Waals surface area contributed by atoms with Gasteiger partial charge in [0.25, 0.3) is 0 Å². The van der Waals surface area contributed by atoms with Crippen LogP contribution in [0.1, 0.15) is 18.9 Å². The van der Waals surface area contributed by atoms with Gasteiger partial charge in [-0.2, -0.15) is 0 Å². The van der Waals surface area contributed by atoms with E-state index in [1.165, 1.54) is 4.90 Å². The second kappa shape index (κ2) is 10.4. The van der Waals surface area contributed by atoms with E-state index in [2.05, 4.69) is 21.2 Å². The lowest BCUT2D eigenvalue weighted by Gasteiger charge is -2.37. The van der Waals surface area contributed by atoms with Crippen LogP contribution in [0.2, 0.25) is 5.02 Å². The average Bonchev–Trinajstić information content (AvgIpc) is 3.48. The van der Waals surface area contributed by atoms with Gasteiger partial charge in [-0.15, -0.1) is 0 Å². The van der Waals surface area contributed by atoms with Crippen LogP contribution in [-0.4, -0.2) is 69.6 Å². The number of ether oxygens (including phenoxy) is 2. The predicted octanol–water partition coefficient (Wildman–Crippen LogP) is 3.19. The molecule has 7 atom stereocenters. The zero-order valence-electron chi connectivity index (χ0n) is 20.2. The molecule has 0 aliphatic carbocycles. The van der Waals surface area contributed by atoms with Crippen molar-refractivity contribution in [3.05, 3.63) is 65.2 Å². The predicted molar refractivity (Wildman–Crippen MR) is 140 cm³/mol. The number of aliphatic hydroxyl groups excluding tert-OH is 1. The number of carbonyl (C=O) groups is 3. The molecule has 8 nitrogen and oxygen atoms in total. The summed E-state index contributed by atoms with van der Waals surface area (Å²) in [7, 11) is 0. The molecule has 2 aromatic rings. The van der Waals surface area contributed by atoms with Crippen LogP contribution in [0.15, 0.2) is 54.6 Å². The summed E-state index contributed by atoms with van der Waals surface area (Å²) in [6, 6.07) is 14.4. The second-order valence-electron chi connectivity index (χ2n) is 9.68. The maximum absolute atomic E-state index is 14.1. The number of rotatable bonds is 8. The van der Waals surface area contributed by atoms with E-state index in [9.17, 15) is 19.5 Å². The highest BCUT2D eigenvalue weighted by molar-refractivity contribution is 9.09. The maximum atomic E-state index is 14.1. The molecule has 10 heteroatoms. The van der Waals surface area contributed by atoms with Gasteiger partial charge in [0.2, 0.25) is 11.8 Å². The molecular weight excluding hydrogens is 564 g/mol. The fourth-order valence-corrected chi connectivity index (χ4v) is 7.22. The van der Waals surface area contributed by atoms with E-state index in [0.29, 0.717) is 23.6 Å². The molecule has 2 amide bonds. The van der Waals surface area contributed by atoms with E-state index in [4.69, 9.17) is 21.1 Å². The highest BCUT2D eigenvalue weighted by atomic mass is 79.9. The van der Waals surface area contributed by atoms with Crippen LogP contribution in [0.5, 0.6) is 0 Å². The van der Waals surface area contributed by atoms with Gasteiger partial charge in [0, 0.05) is 15.5 Å². The number of carbonyl (C=O) groups excluding carboxylic acids is 3. The lowest BCUT2D eigenvalue weighted by Crippen LogP contribution is -2.57. The van der Waals surface area contributed by atoms with Gasteiger partial charge < -0.3 is 24.8 Å². The Kier molecular flexibility index (Phi) is 7.33. The van der Waals surface area contributed by atoms with Crippen molar-refractivity contribution >= 4 is 51.0 Å². The first kappa shape index (κ1) is 26.2. The van der Waals surface area contributed by atoms with Crippen LogP contribution < -0.4 is 5.32 Å². The molecule has 3 saturated heterocycles. The monoisotopic (exact) mass is 590 g/mol. The van der Waals surface area contributed by atoms with Crippen molar-refractivity contribution in [1.82, 2.24) is 4.90 Å². The molecule has 2 N–H and O–H groups in total. The molecule has 2 aromatic carbocycles. The molecule has 0 aromatic heterocycles. The Morgan fingerprint density at radius 1 is 1.24 bits per heavy atom. The van der Waals surface area contributed by atoms with Crippen LogP contribution in [0, 0.1) is 11.8 Å². The first-order valence-corrected chi connectivity index (χ1v) is 13.6. The zero-order valence-corrected chi connectivity index (χ0v) is 22.5. The van der Waals surface area contributed by atoms with Gasteiger partial charge in [0.1, 0.15) is 11.6 Å². The Hall–Kier alpha value is -2.46. The number of esters is 1. The van der Waals surface area contributed by atoms with Crippen LogP contribution in [0.25, 0.3) is 0 Å². The van der Waals surface area contributed by atoms with Crippen molar-refractivity contribution in [2.75, 3.05) is 18.5 Å². The molecule has 3 fully saturated rings. The third-order valence-corrected chi connectivity index (χ3v) is 8.66. The van der Waals surface area contributed by atoms with Crippen molar-refractivity contribution in [3.63, 3.8) is 0 Å². The molecule has 37 heavy (non-hydrogen) atoms. The highest BCUT2D eigenvalue weighted by Gasteiger charge is 2.77. The Morgan fingerprint density at radius 2 is 1.95 bits per heavy atom.